The summed E-state index contributed by atoms with van der Waals surface area (Å²) in [4.78, 5) is 0. The monoisotopic (exact) mass is 100 g/mol. The zero-order valence-electron chi connectivity index (χ0n) is 4.13. The number of terminal acetylenes is 1. The second kappa shape index (κ2) is 2.62. The molecular weight excluding hydrogens is 92.1 g/mol. The van der Waals surface area contributed by atoms with E-state index in [0.29, 0.717) is 0 Å². The summed E-state index contributed by atoms with van der Waals surface area (Å²) in [6.07, 6.45) is 3.43. The Bertz CT molecular complexity index is 80.6. The van der Waals surface area contributed by atoms with E-state index in [0.717, 1.165) is 0 Å². The quantitative estimate of drug-likeness (QED) is 0.346. The van der Waals surface area contributed by atoms with Crippen LogP contribution in [0.1, 0.15) is 6.92 Å². The van der Waals surface area contributed by atoms with Gasteiger partial charge in [0, 0.05) is 0 Å². The molecule has 0 aromatic carbocycles. The van der Waals surface area contributed by atoms with Crippen LogP contribution in [0, 0.1) is 18.3 Å². The van der Waals surface area contributed by atoms with Crippen LogP contribution in [0.3, 0.4) is 0 Å². The van der Waals surface area contributed by atoms with Gasteiger partial charge in [-0.05, 0) is 6.92 Å². The van der Waals surface area contributed by atoms with E-state index in [9.17, 15) is 0 Å². The minimum atomic E-state index is -1.37. The lowest BCUT2D eigenvalue weighted by Gasteiger charge is -2.02. The van der Waals surface area contributed by atoms with Crippen LogP contribution in [0.2, 0.25) is 0 Å². The first-order valence-corrected chi connectivity index (χ1v) is 2.00. The summed E-state index contributed by atoms with van der Waals surface area (Å²) < 4.78 is 0. The lowest BCUT2D eigenvalue weighted by molar-refractivity contribution is -0.0626. The number of hydrogen-bond acceptors (Lipinski definition) is 2. The first-order valence-electron chi connectivity index (χ1n) is 2.00. The van der Waals surface area contributed by atoms with Crippen LogP contribution >= 0.6 is 0 Å². The molecule has 0 aromatic heterocycles. The van der Waals surface area contributed by atoms with E-state index in [4.69, 9.17) is 16.6 Å². The molecule has 0 aliphatic heterocycles. The standard InChI is InChI=1S/C5H8O2/c1-3-4(2)5(6)7/h1,4-7H,2H3/t4-/m0/s1. The van der Waals surface area contributed by atoms with E-state index in [1.807, 2.05) is 0 Å². The van der Waals surface area contributed by atoms with Gasteiger partial charge in [0.1, 0.15) is 0 Å². The molecule has 0 saturated heterocycles. The van der Waals surface area contributed by atoms with Crippen LogP contribution in [-0.4, -0.2) is 16.5 Å². The van der Waals surface area contributed by atoms with Crippen molar-refractivity contribution in [2.45, 2.75) is 13.2 Å². The topological polar surface area (TPSA) is 40.5 Å². The molecule has 2 nitrogen and oxygen atoms in total. The fraction of sp³-hybridized carbons (Fsp3) is 0.600. The van der Waals surface area contributed by atoms with E-state index in [1.165, 1.54) is 0 Å². The number of aliphatic hydroxyl groups is 2. The van der Waals surface area contributed by atoms with Crippen molar-refractivity contribution >= 4 is 0 Å². The van der Waals surface area contributed by atoms with E-state index in [2.05, 4.69) is 5.92 Å². The second-order valence-electron chi connectivity index (χ2n) is 1.37. The van der Waals surface area contributed by atoms with Gasteiger partial charge in [0.25, 0.3) is 0 Å². The van der Waals surface area contributed by atoms with Gasteiger partial charge in [0.15, 0.2) is 6.29 Å². The average Bonchev–Trinajstić information content (AvgIpc) is 1.65. The summed E-state index contributed by atoms with van der Waals surface area (Å²) in [7, 11) is 0. The summed E-state index contributed by atoms with van der Waals surface area (Å²) in [6, 6.07) is 0. The third kappa shape index (κ3) is 2.21. The van der Waals surface area contributed by atoms with Crippen molar-refractivity contribution < 1.29 is 10.2 Å². The third-order valence-corrected chi connectivity index (χ3v) is 0.710. The van der Waals surface area contributed by atoms with Gasteiger partial charge in [0.05, 0.1) is 5.92 Å². The summed E-state index contributed by atoms with van der Waals surface area (Å²) >= 11 is 0. The largest absolute Gasteiger partial charge is 0.367 e. The van der Waals surface area contributed by atoms with Crippen LogP contribution in [0.4, 0.5) is 0 Å². The minimum absolute atomic E-state index is 0.458. The molecule has 0 aliphatic carbocycles. The highest BCUT2D eigenvalue weighted by molar-refractivity contribution is 4.90. The van der Waals surface area contributed by atoms with Gasteiger partial charge in [-0.1, -0.05) is 5.92 Å². The van der Waals surface area contributed by atoms with E-state index in [-0.39, 0.29) is 0 Å². The van der Waals surface area contributed by atoms with Crippen molar-refractivity contribution in [2.24, 2.45) is 5.92 Å². The average molecular weight is 100 g/mol. The molecular formula is C5H8O2. The lowest BCUT2D eigenvalue weighted by Crippen LogP contribution is -2.13. The molecule has 0 heterocycles. The Morgan fingerprint density at radius 3 is 2.00 bits per heavy atom. The fourth-order valence-corrected chi connectivity index (χ4v) is 0.0861. The van der Waals surface area contributed by atoms with Gasteiger partial charge >= 0.3 is 0 Å². The third-order valence-electron chi connectivity index (χ3n) is 0.710. The number of hydrogen-bond donors (Lipinski definition) is 2. The summed E-state index contributed by atoms with van der Waals surface area (Å²) in [5, 5.41) is 16.5. The lowest BCUT2D eigenvalue weighted by atomic mass is 10.2. The van der Waals surface area contributed by atoms with E-state index < -0.39 is 12.2 Å². The van der Waals surface area contributed by atoms with E-state index >= 15 is 0 Å². The molecule has 2 heteroatoms. The zero-order chi connectivity index (χ0) is 5.86. The predicted octanol–water partition coefficient (Wildman–Crippen LogP) is -0.434. The Kier molecular flexibility index (Phi) is 2.42. The molecule has 0 spiro atoms. The Hall–Kier alpha value is -0.520. The van der Waals surface area contributed by atoms with Crippen LogP contribution in [0.15, 0.2) is 0 Å². The first kappa shape index (κ1) is 6.48. The van der Waals surface area contributed by atoms with Gasteiger partial charge in [-0.25, -0.2) is 0 Å². The van der Waals surface area contributed by atoms with Gasteiger partial charge in [-0.3, -0.25) is 0 Å². The molecule has 0 saturated carbocycles. The first-order chi connectivity index (χ1) is 3.18. The minimum Gasteiger partial charge on any atom is -0.367 e. The van der Waals surface area contributed by atoms with Gasteiger partial charge in [-0.15, -0.1) is 6.42 Å². The van der Waals surface area contributed by atoms with Crippen molar-refractivity contribution in [2.75, 3.05) is 0 Å². The van der Waals surface area contributed by atoms with Crippen molar-refractivity contribution in [1.29, 1.82) is 0 Å². The van der Waals surface area contributed by atoms with Crippen molar-refractivity contribution in [3.05, 3.63) is 0 Å². The molecule has 0 rings (SSSR count). The maximum Gasteiger partial charge on any atom is 0.165 e. The van der Waals surface area contributed by atoms with Gasteiger partial charge < -0.3 is 10.2 Å². The predicted molar refractivity (Wildman–Crippen MR) is 26.2 cm³/mol. The maximum atomic E-state index is 8.23. The Balaban J connectivity index is 3.40. The van der Waals surface area contributed by atoms with Crippen LogP contribution < -0.4 is 0 Å². The molecule has 0 unspecified atom stereocenters. The van der Waals surface area contributed by atoms with Crippen molar-refractivity contribution in [3.8, 4) is 12.3 Å². The molecule has 0 aromatic rings. The molecule has 1 atom stereocenters. The SMILES string of the molecule is C#C[C@H](C)C(O)O. The molecule has 0 fully saturated rings. The molecule has 0 radical (unpaired) electrons. The highest BCUT2D eigenvalue weighted by atomic mass is 16.5. The highest BCUT2D eigenvalue weighted by Crippen LogP contribution is 1.94. The molecule has 0 amide bonds. The molecule has 0 bridgehead atoms. The molecule has 2 N–H and O–H groups in total. The summed E-state index contributed by atoms with van der Waals surface area (Å²) in [6.45, 7) is 1.56. The number of aliphatic hydroxyl groups excluding tert-OH is 1. The fourth-order valence-electron chi connectivity index (χ4n) is 0.0861. The smallest absolute Gasteiger partial charge is 0.165 e. The summed E-state index contributed by atoms with van der Waals surface area (Å²) in [5.41, 5.74) is 0. The zero-order valence-corrected chi connectivity index (χ0v) is 4.13. The normalized spacial score (nSPS) is 13.6. The van der Waals surface area contributed by atoms with Crippen LogP contribution in [0.5, 0.6) is 0 Å². The molecule has 7 heavy (non-hydrogen) atoms. The molecule has 40 valence electrons. The summed E-state index contributed by atoms with van der Waals surface area (Å²) in [5.74, 6) is 1.71. The van der Waals surface area contributed by atoms with Crippen molar-refractivity contribution in [1.82, 2.24) is 0 Å². The van der Waals surface area contributed by atoms with Gasteiger partial charge in [0.2, 0.25) is 0 Å². The van der Waals surface area contributed by atoms with Gasteiger partial charge in [-0.2, -0.15) is 0 Å². The Morgan fingerprint density at radius 1 is 1.57 bits per heavy atom. The molecule has 0 aliphatic rings. The maximum absolute atomic E-state index is 8.23. The number of rotatable bonds is 1. The van der Waals surface area contributed by atoms with Crippen molar-refractivity contribution in [3.63, 3.8) is 0 Å². The van der Waals surface area contributed by atoms with Crippen LogP contribution in [0.25, 0.3) is 0 Å². The Morgan fingerprint density at radius 2 is 2.00 bits per heavy atom. The highest BCUT2D eigenvalue weighted by Gasteiger charge is 2.03. The Labute approximate surface area is 42.8 Å². The van der Waals surface area contributed by atoms with E-state index in [1.54, 1.807) is 6.92 Å². The second-order valence-corrected chi connectivity index (χ2v) is 1.37. The van der Waals surface area contributed by atoms with Crippen LogP contribution in [-0.2, 0) is 0 Å².